The molecule has 0 aromatic heterocycles. The monoisotopic (exact) mass is 341 g/mol. The van der Waals surface area contributed by atoms with Crippen molar-refractivity contribution in [1.82, 2.24) is 4.90 Å². The van der Waals surface area contributed by atoms with Crippen LogP contribution in [0.15, 0.2) is 60.7 Å². The van der Waals surface area contributed by atoms with Crippen LogP contribution in [0.5, 0.6) is 0 Å². The highest BCUT2D eigenvalue weighted by Crippen LogP contribution is 2.26. The number of hydrogen-bond acceptors (Lipinski definition) is 4. The fraction of sp³-hybridized carbons (Fsp3) is 0.381. The van der Waals surface area contributed by atoms with Crippen molar-refractivity contribution in [2.45, 2.75) is 25.9 Å². The van der Waals surface area contributed by atoms with Crippen LogP contribution in [0.3, 0.4) is 0 Å². The summed E-state index contributed by atoms with van der Waals surface area (Å²) >= 11 is 0. The molecule has 0 fully saturated rings. The number of aliphatic hydroxyl groups is 1. The zero-order chi connectivity index (χ0) is 18.1. The number of benzene rings is 2. The minimum Gasteiger partial charge on any atom is -0.462 e. The van der Waals surface area contributed by atoms with E-state index in [9.17, 15) is 9.90 Å². The van der Waals surface area contributed by atoms with E-state index in [1.165, 1.54) is 0 Å². The van der Waals surface area contributed by atoms with Crippen molar-refractivity contribution in [3.05, 3.63) is 71.8 Å². The van der Waals surface area contributed by atoms with Gasteiger partial charge in [-0.05, 0) is 24.2 Å². The second-order valence-electron chi connectivity index (χ2n) is 6.02. The summed E-state index contributed by atoms with van der Waals surface area (Å²) in [6.45, 7) is 6.32. The lowest BCUT2D eigenvalue weighted by Gasteiger charge is -2.23. The van der Waals surface area contributed by atoms with E-state index in [1.54, 1.807) is 0 Å². The average molecular weight is 341 g/mol. The summed E-state index contributed by atoms with van der Waals surface area (Å²) in [6, 6.07) is 19.2. The predicted molar refractivity (Wildman–Crippen MR) is 99.5 cm³/mol. The smallest absolute Gasteiger partial charge is 0.318 e. The quantitative estimate of drug-likeness (QED) is 0.712. The van der Waals surface area contributed by atoms with Gasteiger partial charge in [-0.15, -0.1) is 0 Å². The summed E-state index contributed by atoms with van der Waals surface area (Å²) in [7, 11) is 0. The van der Waals surface area contributed by atoms with Crippen molar-refractivity contribution in [3.8, 4) is 0 Å². The highest BCUT2D eigenvalue weighted by molar-refractivity contribution is 5.82. The molecule has 0 unspecified atom stereocenters. The van der Waals surface area contributed by atoms with E-state index in [2.05, 4.69) is 4.90 Å². The molecule has 0 radical (unpaired) electrons. The summed E-state index contributed by atoms with van der Waals surface area (Å²) in [5, 5.41) is 10.1. The van der Waals surface area contributed by atoms with E-state index >= 15 is 0 Å². The van der Waals surface area contributed by atoms with E-state index in [4.69, 9.17) is 4.74 Å². The maximum absolute atomic E-state index is 12.7. The van der Waals surface area contributed by atoms with Crippen LogP contribution in [0, 0.1) is 0 Å². The molecule has 4 heteroatoms. The van der Waals surface area contributed by atoms with Gasteiger partial charge in [0.15, 0.2) is 0 Å². The summed E-state index contributed by atoms with van der Waals surface area (Å²) < 4.78 is 5.45. The summed E-state index contributed by atoms with van der Waals surface area (Å²) in [4.78, 5) is 14.8. The van der Waals surface area contributed by atoms with Crippen LogP contribution < -0.4 is 0 Å². The first-order valence-electron chi connectivity index (χ1n) is 8.82. The molecule has 0 aliphatic carbocycles. The molecule has 0 saturated carbocycles. The number of carbonyl (C=O) groups excluding carboxylic acids is 1. The third kappa shape index (κ3) is 5.69. The minimum atomic E-state index is -0.684. The van der Waals surface area contributed by atoms with Gasteiger partial charge in [0, 0.05) is 6.54 Å². The molecule has 0 heterocycles. The molecule has 2 aromatic rings. The number of likely N-dealkylation sites (N-methyl/N-ethyl adjacent to an activating group) is 1. The Morgan fingerprint density at radius 2 is 1.44 bits per heavy atom. The van der Waals surface area contributed by atoms with Crippen LogP contribution >= 0.6 is 0 Å². The Morgan fingerprint density at radius 3 is 1.88 bits per heavy atom. The highest BCUT2D eigenvalue weighted by atomic mass is 16.5. The van der Waals surface area contributed by atoms with Gasteiger partial charge < -0.3 is 14.7 Å². The Morgan fingerprint density at radius 1 is 0.960 bits per heavy atom. The molecule has 0 amide bonds. The second-order valence-corrected chi connectivity index (χ2v) is 6.02. The van der Waals surface area contributed by atoms with Gasteiger partial charge in [-0.2, -0.15) is 0 Å². The molecule has 0 spiro atoms. The van der Waals surface area contributed by atoms with E-state index in [0.29, 0.717) is 6.54 Å². The Labute approximate surface area is 150 Å². The third-order valence-electron chi connectivity index (χ3n) is 4.28. The third-order valence-corrected chi connectivity index (χ3v) is 4.28. The summed E-state index contributed by atoms with van der Waals surface area (Å²) in [5.41, 5.74) is 1.77. The summed E-state index contributed by atoms with van der Waals surface area (Å²) in [5.74, 6) is -0.820. The molecular weight excluding hydrogens is 314 g/mol. The molecule has 2 aromatic carbocycles. The molecule has 134 valence electrons. The molecule has 0 saturated heterocycles. The lowest BCUT2D eigenvalue weighted by molar-refractivity contribution is -0.147. The molecule has 1 N–H and O–H groups in total. The Balaban J connectivity index is 2.07. The van der Waals surface area contributed by atoms with Crippen molar-refractivity contribution in [2.24, 2.45) is 0 Å². The highest BCUT2D eigenvalue weighted by Gasteiger charge is 2.25. The van der Waals surface area contributed by atoms with Crippen molar-refractivity contribution in [3.63, 3.8) is 0 Å². The fourth-order valence-corrected chi connectivity index (χ4v) is 2.85. The maximum Gasteiger partial charge on any atom is 0.318 e. The fourth-order valence-electron chi connectivity index (χ4n) is 2.85. The number of nitrogens with zero attached hydrogens (tertiary/aromatic N) is 1. The number of ether oxygens (including phenoxy) is 1. The van der Waals surface area contributed by atoms with Gasteiger partial charge in [0.05, 0.1) is 0 Å². The first-order valence-corrected chi connectivity index (χ1v) is 8.82. The number of aliphatic hydroxyl groups excluding tert-OH is 1. The topological polar surface area (TPSA) is 49.8 Å². The van der Waals surface area contributed by atoms with Crippen LogP contribution in [0.25, 0.3) is 0 Å². The largest absolute Gasteiger partial charge is 0.462 e. The molecule has 25 heavy (non-hydrogen) atoms. The number of esters is 1. The van der Waals surface area contributed by atoms with E-state index < -0.39 is 12.0 Å². The second kappa shape index (κ2) is 9.97. The lowest BCUT2D eigenvalue weighted by Crippen LogP contribution is -2.35. The van der Waals surface area contributed by atoms with E-state index in [-0.39, 0.29) is 12.6 Å². The van der Waals surface area contributed by atoms with Gasteiger partial charge in [-0.3, -0.25) is 4.79 Å². The first-order chi connectivity index (χ1) is 12.2. The van der Waals surface area contributed by atoms with Crippen molar-refractivity contribution in [1.29, 1.82) is 0 Å². The Kier molecular flexibility index (Phi) is 7.64. The normalized spacial score (nSPS) is 12.4. The van der Waals surface area contributed by atoms with Crippen LogP contribution in [-0.4, -0.2) is 48.3 Å². The maximum atomic E-state index is 12.7. The number of carbonyl (C=O) groups is 1. The zero-order valence-corrected chi connectivity index (χ0v) is 15.0. The van der Waals surface area contributed by atoms with Gasteiger partial charge in [-0.1, -0.05) is 74.5 Å². The van der Waals surface area contributed by atoms with Crippen LogP contribution in [-0.2, 0) is 9.53 Å². The minimum absolute atomic E-state index is 0.00546. The molecular formula is C21H27NO3. The van der Waals surface area contributed by atoms with Crippen LogP contribution in [0.1, 0.15) is 30.9 Å². The predicted octanol–water partition coefficient (Wildman–Crippen LogP) is 3.06. The number of rotatable bonds is 9. The molecule has 4 nitrogen and oxygen atoms in total. The lowest BCUT2D eigenvalue weighted by atomic mass is 9.91. The zero-order valence-electron chi connectivity index (χ0n) is 15.0. The van der Waals surface area contributed by atoms with Crippen molar-refractivity contribution < 1.29 is 14.6 Å². The first kappa shape index (κ1) is 19.2. The molecule has 0 aliphatic rings. The molecule has 2 rings (SSSR count). The van der Waals surface area contributed by atoms with Crippen LogP contribution in [0.4, 0.5) is 0 Å². The van der Waals surface area contributed by atoms with Crippen molar-refractivity contribution >= 4 is 5.97 Å². The molecule has 1 atom stereocenters. The standard InChI is InChI=1S/C21H27NO3/c1-3-22(4-2)15-19(23)16-25-21(24)20(17-11-7-5-8-12-17)18-13-9-6-10-14-18/h5-14,19-20,23H,3-4,15-16H2,1-2H3/t19-/m0/s1. The van der Waals surface area contributed by atoms with E-state index in [1.807, 2.05) is 74.5 Å². The Bertz CT molecular complexity index is 587. The van der Waals surface area contributed by atoms with Gasteiger partial charge in [0.2, 0.25) is 0 Å². The Hall–Kier alpha value is -2.17. The molecule has 0 aliphatic heterocycles. The van der Waals surface area contributed by atoms with Gasteiger partial charge in [0.1, 0.15) is 18.6 Å². The van der Waals surface area contributed by atoms with Gasteiger partial charge in [0.25, 0.3) is 0 Å². The van der Waals surface area contributed by atoms with Crippen molar-refractivity contribution in [2.75, 3.05) is 26.2 Å². The summed E-state index contributed by atoms with van der Waals surface area (Å²) in [6.07, 6.45) is -0.684. The van der Waals surface area contributed by atoms with Crippen LogP contribution in [0.2, 0.25) is 0 Å². The molecule has 0 bridgehead atoms. The average Bonchev–Trinajstić information content (AvgIpc) is 2.66. The number of hydrogen-bond donors (Lipinski definition) is 1. The SMILES string of the molecule is CCN(CC)C[C@H](O)COC(=O)C(c1ccccc1)c1ccccc1. The van der Waals surface area contributed by atoms with Gasteiger partial charge >= 0.3 is 5.97 Å². The van der Waals surface area contributed by atoms with Gasteiger partial charge in [-0.25, -0.2) is 0 Å². The van der Waals surface area contributed by atoms with E-state index in [0.717, 1.165) is 24.2 Å².